The maximum atomic E-state index is 12.7. The van der Waals surface area contributed by atoms with Crippen molar-refractivity contribution >= 4 is 39.2 Å². The van der Waals surface area contributed by atoms with Gasteiger partial charge in [-0.15, -0.1) is 11.3 Å². The molecule has 156 valence electrons. The molecule has 1 atom stereocenters. The highest BCUT2D eigenvalue weighted by Gasteiger charge is 2.20. The van der Waals surface area contributed by atoms with Gasteiger partial charge in [0.05, 0.1) is 6.20 Å². The molecule has 1 amide bonds. The number of para-hydroxylation sites is 1. The van der Waals surface area contributed by atoms with E-state index in [0.717, 1.165) is 16.5 Å². The van der Waals surface area contributed by atoms with Gasteiger partial charge in [-0.05, 0) is 23.1 Å². The van der Waals surface area contributed by atoms with E-state index < -0.39 is 0 Å². The number of carbonyl (C=O) groups is 1. The molecule has 0 spiro atoms. The van der Waals surface area contributed by atoms with E-state index in [-0.39, 0.29) is 23.9 Å². The van der Waals surface area contributed by atoms with Crippen molar-refractivity contribution < 1.29 is 4.79 Å². The molecule has 5 aromatic rings. The van der Waals surface area contributed by atoms with Crippen LogP contribution in [0.5, 0.6) is 0 Å². The first kappa shape index (κ1) is 19.3. The number of fused-ring (bicyclic) bond motifs is 2. The van der Waals surface area contributed by atoms with Crippen LogP contribution < -0.4 is 10.9 Å². The molecule has 0 saturated carbocycles. The third kappa shape index (κ3) is 3.53. The van der Waals surface area contributed by atoms with Crippen molar-refractivity contribution in [2.24, 2.45) is 7.05 Å². The van der Waals surface area contributed by atoms with Crippen molar-refractivity contribution in [3.8, 4) is 0 Å². The Bertz CT molecular complexity index is 1430. The lowest BCUT2D eigenvalue weighted by Crippen LogP contribution is -2.34. The number of nitrogens with zero attached hydrogens (tertiary/aromatic N) is 4. The monoisotopic (exact) mass is 432 g/mol. The molecule has 0 aliphatic heterocycles. The smallest absolute Gasteiger partial charge is 0.264 e. The second-order valence-electron chi connectivity index (χ2n) is 7.34. The van der Waals surface area contributed by atoms with Crippen molar-refractivity contribution in [2.45, 2.75) is 12.5 Å². The van der Waals surface area contributed by atoms with E-state index in [1.54, 1.807) is 18.4 Å². The predicted molar refractivity (Wildman–Crippen MR) is 120 cm³/mol. The molecule has 0 bridgehead atoms. The first-order valence-electron chi connectivity index (χ1n) is 9.85. The number of hydrogen-bond acceptors (Lipinski definition) is 5. The highest BCUT2D eigenvalue weighted by Crippen LogP contribution is 2.32. The van der Waals surface area contributed by atoms with Gasteiger partial charge in [0.25, 0.3) is 5.56 Å². The molecular weight excluding hydrogens is 412 g/mol. The van der Waals surface area contributed by atoms with Gasteiger partial charge in [0, 0.05) is 41.5 Å². The molecule has 0 fully saturated rings. The average molecular weight is 433 g/mol. The minimum Gasteiger partial charge on any atom is -0.361 e. The van der Waals surface area contributed by atoms with Crippen LogP contribution in [-0.4, -0.2) is 36.8 Å². The zero-order valence-corrected chi connectivity index (χ0v) is 17.6. The van der Waals surface area contributed by atoms with E-state index in [1.807, 2.05) is 35.8 Å². The highest BCUT2D eigenvalue weighted by atomic mass is 32.1. The fourth-order valence-corrected chi connectivity index (χ4v) is 4.69. The number of benzene rings is 1. The maximum Gasteiger partial charge on any atom is 0.264 e. The molecule has 0 aliphatic carbocycles. The number of H-pyrrole nitrogens is 1. The Labute approximate surface area is 181 Å². The topological polar surface area (TPSA) is 97.6 Å². The summed E-state index contributed by atoms with van der Waals surface area (Å²) in [6.45, 7) is 0.334. The van der Waals surface area contributed by atoms with Crippen LogP contribution in [0, 0.1) is 0 Å². The van der Waals surface area contributed by atoms with Crippen molar-refractivity contribution in [1.82, 2.24) is 29.6 Å². The molecule has 9 heteroatoms. The fourth-order valence-electron chi connectivity index (χ4n) is 3.84. The van der Waals surface area contributed by atoms with E-state index in [0.29, 0.717) is 17.6 Å². The zero-order valence-electron chi connectivity index (χ0n) is 16.8. The van der Waals surface area contributed by atoms with Gasteiger partial charge in [0.15, 0.2) is 5.65 Å². The summed E-state index contributed by atoms with van der Waals surface area (Å²) in [7, 11) is 1.72. The third-order valence-electron chi connectivity index (χ3n) is 5.42. The van der Waals surface area contributed by atoms with E-state index in [2.05, 4.69) is 32.5 Å². The number of rotatable bonds is 6. The molecule has 0 aliphatic rings. The van der Waals surface area contributed by atoms with Crippen LogP contribution in [0.15, 0.2) is 65.3 Å². The number of aryl methyl sites for hydroxylation is 1. The van der Waals surface area contributed by atoms with E-state index in [4.69, 9.17) is 0 Å². The lowest BCUT2D eigenvalue weighted by molar-refractivity contribution is -0.121. The molecule has 31 heavy (non-hydrogen) atoms. The number of carbonyl (C=O) groups excluding carboxylic acids is 1. The lowest BCUT2D eigenvalue weighted by atomic mass is 9.96. The molecule has 8 nitrogen and oxygen atoms in total. The molecule has 2 N–H and O–H groups in total. The first-order chi connectivity index (χ1) is 15.1. The van der Waals surface area contributed by atoms with Crippen molar-refractivity contribution in [2.75, 3.05) is 6.54 Å². The Balaban J connectivity index is 1.37. The predicted octanol–water partition coefficient (Wildman–Crippen LogP) is 2.62. The third-order valence-corrected chi connectivity index (χ3v) is 6.40. The van der Waals surface area contributed by atoms with Gasteiger partial charge in [-0.3, -0.25) is 18.8 Å². The largest absolute Gasteiger partial charge is 0.361 e. The van der Waals surface area contributed by atoms with E-state index in [1.165, 1.54) is 26.7 Å². The molecule has 0 saturated heterocycles. The van der Waals surface area contributed by atoms with Crippen molar-refractivity contribution in [1.29, 1.82) is 0 Å². The summed E-state index contributed by atoms with van der Waals surface area (Å²) in [5.41, 5.74) is 2.42. The number of aromatic amines is 1. The van der Waals surface area contributed by atoms with Gasteiger partial charge in [0.1, 0.15) is 18.3 Å². The summed E-state index contributed by atoms with van der Waals surface area (Å²) < 4.78 is 2.85. The van der Waals surface area contributed by atoms with Crippen LogP contribution in [0.4, 0.5) is 0 Å². The quantitative estimate of drug-likeness (QED) is 0.431. The Kier molecular flexibility index (Phi) is 4.87. The molecule has 0 radical (unpaired) electrons. The normalized spacial score (nSPS) is 12.4. The lowest BCUT2D eigenvalue weighted by Gasteiger charge is -2.16. The Hall–Kier alpha value is -3.72. The van der Waals surface area contributed by atoms with Gasteiger partial charge in [-0.25, -0.2) is 4.98 Å². The fraction of sp³-hybridized carbons (Fsp3) is 0.182. The summed E-state index contributed by atoms with van der Waals surface area (Å²) in [6, 6.07) is 12.2. The first-order valence-corrected chi connectivity index (χ1v) is 10.7. The standard InChI is InChI=1S/C22H20N6O2S/c1-27-21-17(11-26-27)22(30)28(13-25-21)12-20(29)24-10-16(19-7-4-8-31-19)15-9-23-18-6-3-2-5-14(15)18/h2-9,11,13,16,23H,10,12H2,1H3,(H,24,29)/t16-/m1/s1. The second-order valence-corrected chi connectivity index (χ2v) is 8.32. The number of nitrogens with one attached hydrogen (secondary N) is 2. The molecule has 4 aromatic heterocycles. The summed E-state index contributed by atoms with van der Waals surface area (Å²) in [6.07, 6.45) is 4.87. The second kappa shape index (κ2) is 7.84. The number of hydrogen-bond donors (Lipinski definition) is 2. The summed E-state index contributed by atoms with van der Waals surface area (Å²) in [5, 5.41) is 10.6. The van der Waals surface area contributed by atoms with Crippen LogP contribution in [0.1, 0.15) is 16.4 Å². The minimum absolute atomic E-state index is 0.00995. The minimum atomic E-state index is -0.278. The van der Waals surface area contributed by atoms with Crippen LogP contribution in [-0.2, 0) is 18.4 Å². The average Bonchev–Trinajstić information content (AvgIpc) is 3.52. The van der Waals surface area contributed by atoms with Crippen LogP contribution in [0.2, 0.25) is 0 Å². The van der Waals surface area contributed by atoms with Gasteiger partial charge in [0.2, 0.25) is 5.91 Å². The Morgan fingerprint density at radius 3 is 2.94 bits per heavy atom. The van der Waals surface area contributed by atoms with Crippen molar-refractivity contribution in [3.63, 3.8) is 0 Å². The SMILES string of the molecule is Cn1ncc2c(=O)n(CC(=O)NC[C@@H](c3cccs3)c3c[nH]c4ccccc34)cnc21. The number of amides is 1. The molecule has 0 unspecified atom stereocenters. The maximum absolute atomic E-state index is 12.7. The van der Waals surface area contributed by atoms with E-state index >= 15 is 0 Å². The Morgan fingerprint density at radius 1 is 1.23 bits per heavy atom. The zero-order chi connectivity index (χ0) is 21.4. The van der Waals surface area contributed by atoms with Gasteiger partial charge >= 0.3 is 0 Å². The van der Waals surface area contributed by atoms with Crippen LogP contribution >= 0.6 is 11.3 Å². The van der Waals surface area contributed by atoms with Gasteiger partial charge in [-0.1, -0.05) is 24.3 Å². The number of aromatic nitrogens is 5. The molecule has 5 rings (SSSR count). The Morgan fingerprint density at radius 2 is 2.10 bits per heavy atom. The molecule has 1 aromatic carbocycles. The van der Waals surface area contributed by atoms with Crippen LogP contribution in [0.25, 0.3) is 21.9 Å². The van der Waals surface area contributed by atoms with Crippen molar-refractivity contribution in [3.05, 3.63) is 81.3 Å². The van der Waals surface area contributed by atoms with Crippen LogP contribution in [0.3, 0.4) is 0 Å². The summed E-state index contributed by atoms with van der Waals surface area (Å²) in [5.74, 6) is -0.232. The summed E-state index contributed by atoms with van der Waals surface area (Å²) >= 11 is 1.66. The van der Waals surface area contributed by atoms with Gasteiger partial charge < -0.3 is 10.3 Å². The molecular formula is C22H20N6O2S. The highest BCUT2D eigenvalue weighted by molar-refractivity contribution is 7.10. The molecule has 4 heterocycles. The summed E-state index contributed by atoms with van der Waals surface area (Å²) in [4.78, 5) is 34.0. The van der Waals surface area contributed by atoms with E-state index in [9.17, 15) is 9.59 Å². The number of thiophene rings is 1. The van der Waals surface area contributed by atoms with Gasteiger partial charge in [-0.2, -0.15) is 5.10 Å².